The van der Waals surface area contributed by atoms with Gasteiger partial charge in [0.2, 0.25) is 0 Å². The molecule has 2 heterocycles. The van der Waals surface area contributed by atoms with Crippen LogP contribution in [0.5, 0.6) is 0 Å². The van der Waals surface area contributed by atoms with Gasteiger partial charge >= 0.3 is 0 Å². The molecule has 14 heavy (non-hydrogen) atoms. The molecule has 4 nitrogen and oxygen atoms in total. The van der Waals surface area contributed by atoms with Crippen LogP contribution in [0.4, 0.5) is 5.82 Å². The summed E-state index contributed by atoms with van der Waals surface area (Å²) in [5.74, 6) is 1.56. The van der Waals surface area contributed by atoms with E-state index in [1.54, 1.807) is 12.4 Å². The highest BCUT2D eigenvalue weighted by atomic mass is 15.2. The second-order valence-corrected chi connectivity index (χ2v) is 3.92. The standard InChI is InChI=1S/C10H16N4/c1-8(11)9-2-5-14(7-9)10-6-12-3-4-13-10/h3-4,6,8-9H,2,5,7,11H2,1H3. The Morgan fingerprint density at radius 3 is 3.00 bits per heavy atom. The molecule has 2 rings (SSSR count). The first kappa shape index (κ1) is 9.40. The zero-order valence-electron chi connectivity index (χ0n) is 8.43. The lowest BCUT2D eigenvalue weighted by atomic mass is 10.0. The van der Waals surface area contributed by atoms with Crippen LogP contribution in [0.25, 0.3) is 0 Å². The first-order chi connectivity index (χ1) is 6.77. The van der Waals surface area contributed by atoms with E-state index in [-0.39, 0.29) is 6.04 Å². The lowest BCUT2D eigenvalue weighted by molar-refractivity contribution is 0.488. The third-order valence-electron chi connectivity index (χ3n) is 2.84. The highest BCUT2D eigenvalue weighted by molar-refractivity contribution is 5.36. The maximum absolute atomic E-state index is 5.88. The van der Waals surface area contributed by atoms with Gasteiger partial charge in [-0.05, 0) is 19.3 Å². The SMILES string of the molecule is CC(N)C1CCN(c2cnccn2)C1. The molecule has 1 aliphatic rings. The minimum atomic E-state index is 0.275. The van der Waals surface area contributed by atoms with Gasteiger partial charge in [0.1, 0.15) is 5.82 Å². The molecule has 0 spiro atoms. The van der Waals surface area contributed by atoms with Crippen LogP contribution in [-0.2, 0) is 0 Å². The van der Waals surface area contributed by atoms with Crippen LogP contribution < -0.4 is 10.6 Å². The minimum Gasteiger partial charge on any atom is -0.355 e. The molecule has 2 atom stereocenters. The normalized spacial score (nSPS) is 23.9. The molecule has 0 aliphatic carbocycles. The monoisotopic (exact) mass is 192 g/mol. The van der Waals surface area contributed by atoms with Gasteiger partial charge in [0.25, 0.3) is 0 Å². The Hall–Kier alpha value is -1.16. The lowest BCUT2D eigenvalue weighted by Crippen LogP contribution is -2.30. The number of rotatable bonds is 2. The van der Waals surface area contributed by atoms with Crippen molar-refractivity contribution in [2.45, 2.75) is 19.4 Å². The summed E-state index contributed by atoms with van der Waals surface area (Å²) in [6, 6.07) is 0.275. The minimum absolute atomic E-state index is 0.275. The summed E-state index contributed by atoms with van der Waals surface area (Å²) in [5.41, 5.74) is 5.88. The molecule has 76 valence electrons. The molecule has 0 aromatic carbocycles. The third-order valence-corrected chi connectivity index (χ3v) is 2.84. The molecule has 1 aromatic rings. The van der Waals surface area contributed by atoms with E-state index in [1.807, 2.05) is 6.20 Å². The van der Waals surface area contributed by atoms with Gasteiger partial charge in [0.05, 0.1) is 6.20 Å². The summed E-state index contributed by atoms with van der Waals surface area (Å²) in [7, 11) is 0. The van der Waals surface area contributed by atoms with Crippen LogP contribution in [0.15, 0.2) is 18.6 Å². The molecule has 0 bridgehead atoms. The summed E-state index contributed by atoms with van der Waals surface area (Å²) in [6.07, 6.45) is 6.40. The fraction of sp³-hybridized carbons (Fsp3) is 0.600. The molecule has 0 amide bonds. The molecule has 0 radical (unpaired) electrons. The van der Waals surface area contributed by atoms with Crippen LogP contribution >= 0.6 is 0 Å². The number of hydrogen-bond acceptors (Lipinski definition) is 4. The molecule has 2 unspecified atom stereocenters. The van der Waals surface area contributed by atoms with Gasteiger partial charge in [-0.2, -0.15) is 0 Å². The van der Waals surface area contributed by atoms with Crippen LogP contribution in [0.1, 0.15) is 13.3 Å². The number of aromatic nitrogens is 2. The number of hydrogen-bond donors (Lipinski definition) is 1. The summed E-state index contributed by atoms with van der Waals surface area (Å²) in [4.78, 5) is 10.6. The summed E-state index contributed by atoms with van der Waals surface area (Å²) < 4.78 is 0. The smallest absolute Gasteiger partial charge is 0.147 e. The van der Waals surface area contributed by atoms with E-state index in [0.29, 0.717) is 5.92 Å². The van der Waals surface area contributed by atoms with Crippen LogP contribution in [-0.4, -0.2) is 29.1 Å². The second-order valence-electron chi connectivity index (χ2n) is 3.92. The maximum atomic E-state index is 5.88. The topological polar surface area (TPSA) is 55.0 Å². The van der Waals surface area contributed by atoms with E-state index in [1.165, 1.54) is 0 Å². The van der Waals surface area contributed by atoms with E-state index in [0.717, 1.165) is 25.3 Å². The molecule has 2 N–H and O–H groups in total. The second kappa shape index (κ2) is 3.92. The Labute approximate surface area is 84.2 Å². The molecular formula is C10H16N4. The van der Waals surface area contributed by atoms with Gasteiger partial charge < -0.3 is 10.6 Å². The van der Waals surface area contributed by atoms with Crippen molar-refractivity contribution in [2.24, 2.45) is 11.7 Å². The molecule has 1 aliphatic heterocycles. The van der Waals surface area contributed by atoms with Crippen molar-refractivity contribution >= 4 is 5.82 Å². The predicted octanol–water partition coefficient (Wildman–Crippen LogP) is 0.650. The van der Waals surface area contributed by atoms with Gasteiger partial charge in [0, 0.05) is 31.5 Å². The Morgan fingerprint density at radius 2 is 2.43 bits per heavy atom. The molecule has 1 saturated heterocycles. The quantitative estimate of drug-likeness (QED) is 0.747. The van der Waals surface area contributed by atoms with Gasteiger partial charge in [-0.1, -0.05) is 0 Å². The van der Waals surface area contributed by atoms with Crippen LogP contribution in [0.3, 0.4) is 0 Å². The van der Waals surface area contributed by atoms with Crippen molar-refractivity contribution in [3.05, 3.63) is 18.6 Å². The summed E-state index contributed by atoms with van der Waals surface area (Å²) in [5, 5.41) is 0. The van der Waals surface area contributed by atoms with Crippen LogP contribution in [0.2, 0.25) is 0 Å². The number of anilines is 1. The number of nitrogens with zero attached hydrogens (tertiary/aromatic N) is 3. The van der Waals surface area contributed by atoms with Gasteiger partial charge in [0.15, 0.2) is 0 Å². The van der Waals surface area contributed by atoms with Crippen molar-refractivity contribution in [2.75, 3.05) is 18.0 Å². The van der Waals surface area contributed by atoms with Crippen molar-refractivity contribution in [3.63, 3.8) is 0 Å². The van der Waals surface area contributed by atoms with Crippen molar-refractivity contribution in [1.29, 1.82) is 0 Å². The maximum Gasteiger partial charge on any atom is 0.147 e. The van der Waals surface area contributed by atoms with E-state index in [2.05, 4.69) is 21.8 Å². The molecular weight excluding hydrogens is 176 g/mol. The van der Waals surface area contributed by atoms with Crippen LogP contribution in [0, 0.1) is 5.92 Å². The molecule has 4 heteroatoms. The lowest BCUT2D eigenvalue weighted by Gasteiger charge is -2.18. The average molecular weight is 192 g/mol. The number of nitrogens with two attached hydrogens (primary N) is 1. The van der Waals surface area contributed by atoms with Crippen molar-refractivity contribution in [3.8, 4) is 0 Å². The van der Waals surface area contributed by atoms with E-state index in [4.69, 9.17) is 5.73 Å². The Balaban J connectivity index is 2.03. The van der Waals surface area contributed by atoms with E-state index < -0.39 is 0 Å². The predicted molar refractivity (Wildman–Crippen MR) is 56.0 cm³/mol. The fourth-order valence-corrected chi connectivity index (χ4v) is 1.88. The first-order valence-electron chi connectivity index (χ1n) is 5.04. The third kappa shape index (κ3) is 1.85. The highest BCUT2D eigenvalue weighted by Gasteiger charge is 2.25. The largest absolute Gasteiger partial charge is 0.355 e. The van der Waals surface area contributed by atoms with Gasteiger partial charge in [-0.3, -0.25) is 4.98 Å². The van der Waals surface area contributed by atoms with Gasteiger partial charge in [-0.25, -0.2) is 4.98 Å². The zero-order valence-corrected chi connectivity index (χ0v) is 8.43. The first-order valence-corrected chi connectivity index (χ1v) is 5.04. The summed E-state index contributed by atoms with van der Waals surface area (Å²) in [6.45, 7) is 4.13. The highest BCUT2D eigenvalue weighted by Crippen LogP contribution is 2.22. The Morgan fingerprint density at radius 1 is 1.57 bits per heavy atom. The van der Waals surface area contributed by atoms with Crippen molar-refractivity contribution < 1.29 is 0 Å². The molecule has 1 fully saturated rings. The summed E-state index contributed by atoms with van der Waals surface area (Å²) >= 11 is 0. The van der Waals surface area contributed by atoms with E-state index in [9.17, 15) is 0 Å². The molecule has 1 aromatic heterocycles. The van der Waals surface area contributed by atoms with E-state index >= 15 is 0 Å². The van der Waals surface area contributed by atoms with Gasteiger partial charge in [-0.15, -0.1) is 0 Å². The Bertz CT molecular complexity index is 285. The Kier molecular flexibility index (Phi) is 2.63. The average Bonchev–Trinajstić information content (AvgIpc) is 2.68. The van der Waals surface area contributed by atoms with Crippen molar-refractivity contribution in [1.82, 2.24) is 9.97 Å². The molecule has 0 saturated carbocycles. The fourth-order valence-electron chi connectivity index (χ4n) is 1.88. The zero-order chi connectivity index (χ0) is 9.97.